The number of cyclic esters (lactones) is 1. The zero-order chi connectivity index (χ0) is 10.6. The third kappa shape index (κ3) is 2.25. The highest BCUT2D eigenvalue weighted by molar-refractivity contribution is 5.82. The fraction of sp³-hybridized carbons (Fsp3) is 0.556. The summed E-state index contributed by atoms with van der Waals surface area (Å²) >= 11 is 0. The van der Waals surface area contributed by atoms with Crippen molar-refractivity contribution in [2.75, 3.05) is 13.7 Å². The van der Waals surface area contributed by atoms with Gasteiger partial charge in [-0.1, -0.05) is 6.08 Å². The number of carbonyl (C=O) groups excluding carboxylic acids is 2. The molecule has 0 radical (unpaired) electrons. The van der Waals surface area contributed by atoms with Crippen LogP contribution in [0.15, 0.2) is 12.7 Å². The summed E-state index contributed by atoms with van der Waals surface area (Å²) in [4.78, 5) is 22.2. The van der Waals surface area contributed by atoms with E-state index in [9.17, 15) is 9.59 Å². The van der Waals surface area contributed by atoms with E-state index in [4.69, 9.17) is 4.74 Å². The van der Waals surface area contributed by atoms with Crippen LogP contribution in [0.4, 0.5) is 4.79 Å². The van der Waals surface area contributed by atoms with E-state index in [1.54, 1.807) is 6.08 Å². The minimum absolute atomic E-state index is 0.0876. The first kappa shape index (κ1) is 10.6. The van der Waals surface area contributed by atoms with Gasteiger partial charge >= 0.3 is 12.1 Å². The molecule has 0 saturated carbocycles. The number of esters is 1. The van der Waals surface area contributed by atoms with Gasteiger partial charge < -0.3 is 14.8 Å². The van der Waals surface area contributed by atoms with E-state index in [1.165, 1.54) is 7.11 Å². The molecule has 0 aromatic carbocycles. The topological polar surface area (TPSA) is 64.6 Å². The van der Waals surface area contributed by atoms with E-state index >= 15 is 0 Å². The SMILES string of the molecule is C=C[C@H]1CCOC(=O)[C@H]1NC(=O)OC. The molecule has 2 atom stereocenters. The van der Waals surface area contributed by atoms with Crippen LogP contribution in [-0.2, 0) is 14.3 Å². The number of methoxy groups -OCH3 is 1. The minimum Gasteiger partial charge on any atom is -0.464 e. The molecule has 78 valence electrons. The Morgan fingerprint density at radius 1 is 1.79 bits per heavy atom. The summed E-state index contributed by atoms with van der Waals surface area (Å²) in [6.07, 6.45) is 1.67. The summed E-state index contributed by atoms with van der Waals surface area (Å²) in [5, 5.41) is 2.41. The largest absolute Gasteiger partial charge is 0.464 e. The van der Waals surface area contributed by atoms with E-state index in [-0.39, 0.29) is 5.92 Å². The first-order valence-corrected chi connectivity index (χ1v) is 4.32. The normalized spacial score (nSPS) is 26.2. The average Bonchev–Trinajstić information content (AvgIpc) is 2.20. The fourth-order valence-electron chi connectivity index (χ4n) is 1.33. The summed E-state index contributed by atoms with van der Waals surface area (Å²) in [5.74, 6) is -0.526. The summed E-state index contributed by atoms with van der Waals surface area (Å²) in [6, 6.07) is -0.673. The number of amides is 1. The predicted molar refractivity (Wildman–Crippen MR) is 48.6 cm³/mol. The van der Waals surface area contributed by atoms with Gasteiger partial charge in [-0.05, 0) is 6.42 Å². The molecule has 1 rings (SSSR count). The van der Waals surface area contributed by atoms with Crippen LogP contribution in [0.3, 0.4) is 0 Å². The van der Waals surface area contributed by atoms with Crippen LogP contribution >= 0.6 is 0 Å². The zero-order valence-electron chi connectivity index (χ0n) is 7.99. The van der Waals surface area contributed by atoms with E-state index in [0.29, 0.717) is 13.0 Å². The lowest BCUT2D eigenvalue weighted by Gasteiger charge is -2.27. The van der Waals surface area contributed by atoms with Crippen LogP contribution in [0.5, 0.6) is 0 Å². The van der Waals surface area contributed by atoms with E-state index in [1.807, 2.05) is 0 Å². The van der Waals surface area contributed by atoms with Crippen molar-refractivity contribution in [1.29, 1.82) is 0 Å². The van der Waals surface area contributed by atoms with Crippen molar-refractivity contribution in [3.05, 3.63) is 12.7 Å². The lowest BCUT2D eigenvalue weighted by molar-refractivity contribution is -0.151. The molecule has 1 fully saturated rings. The molecule has 0 spiro atoms. The Kier molecular flexibility index (Phi) is 3.50. The quantitative estimate of drug-likeness (QED) is 0.518. The molecule has 1 heterocycles. The molecule has 1 aliphatic heterocycles. The highest BCUT2D eigenvalue weighted by Gasteiger charge is 2.33. The van der Waals surface area contributed by atoms with Crippen LogP contribution < -0.4 is 5.32 Å². The second-order valence-electron chi connectivity index (χ2n) is 2.97. The van der Waals surface area contributed by atoms with Gasteiger partial charge in [-0.2, -0.15) is 0 Å². The third-order valence-electron chi connectivity index (χ3n) is 2.14. The molecule has 0 aliphatic carbocycles. The van der Waals surface area contributed by atoms with Crippen molar-refractivity contribution in [2.45, 2.75) is 12.5 Å². The van der Waals surface area contributed by atoms with Crippen molar-refractivity contribution in [1.82, 2.24) is 5.32 Å². The summed E-state index contributed by atoms with van der Waals surface area (Å²) < 4.78 is 9.21. The summed E-state index contributed by atoms with van der Waals surface area (Å²) in [7, 11) is 1.24. The van der Waals surface area contributed by atoms with Crippen molar-refractivity contribution in [2.24, 2.45) is 5.92 Å². The van der Waals surface area contributed by atoms with Crippen molar-refractivity contribution >= 4 is 12.1 Å². The van der Waals surface area contributed by atoms with Crippen LogP contribution in [0.2, 0.25) is 0 Å². The van der Waals surface area contributed by atoms with Crippen LogP contribution in [-0.4, -0.2) is 31.8 Å². The van der Waals surface area contributed by atoms with Crippen molar-refractivity contribution in [3.8, 4) is 0 Å². The lowest BCUT2D eigenvalue weighted by atomic mass is 9.95. The number of hydrogen-bond acceptors (Lipinski definition) is 4. The molecule has 1 N–H and O–H groups in total. The molecular formula is C9H13NO4. The molecule has 5 heteroatoms. The maximum Gasteiger partial charge on any atom is 0.407 e. The number of ether oxygens (including phenoxy) is 2. The number of alkyl carbamates (subject to hydrolysis) is 1. The zero-order valence-corrected chi connectivity index (χ0v) is 7.99. The number of nitrogens with one attached hydrogen (secondary N) is 1. The third-order valence-corrected chi connectivity index (χ3v) is 2.14. The van der Waals surface area contributed by atoms with Crippen molar-refractivity contribution < 1.29 is 19.1 Å². The van der Waals surface area contributed by atoms with Gasteiger partial charge in [0.2, 0.25) is 0 Å². The lowest BCUT2D eigenvalue weighted by Crippen LogP contribution is -2.49. The van der Waals surface area contributed by atoms with Gasteiger partial charge in [-0.15, -0.1) is 6.58 Å². The molecule has 5 nitrogen and oxygen atoms in total. The number of hydrogen-bond donors (Lipinski definition) is 1. The first-order chi connectivity index (χ1) is 6.69. The Hall–Kier alpha value is -1.52. The number of carbonyl (C=O) groups is 2. The second kappa shape index (κ2) is 4.64. The molecule has 1 aliphatic rings. The molecule has 0 aromatic rings. The van der Waals surface area contributed by atoms with Gasteiger partial charge in [0.05, 0.1) is 13.7 Å². The molecule has 0 bridgehead atoms. The molecule has 0 unspecified atom stereocenters. The maximum atomic E-state index is 11.3. The second-order valence-corrected chi connectivity index (χ2v) is 2.97. The van der Waals surface area contributed by atoms with Gasteiger partial charge in [-0.25, -0.2) is 9.59 Å². The maximum absolute atomic E-state index is 11.3. The van der Waals surface area contributed by atoms with Gasteiger partial charge in [0.25, 0.3) is 0 Å². The predicted octanol–water partition coefficient (Wildman–Crippen LogP) is 0.460. The highest BCUT2D eigenvalue weighted by Crippen LogP contribution is 2.17. The van der Waals surface area contributed by atoms with E-state index < -0.39 is 18.1 Å². The summed E-state index contributed by atoms with van der Waals surface area (Å²) in [6.45, 7) is 3.97. The van der Waals surface area contributed by atoms with E-state index in [0.717, 1.165) is 0 Å². The first-order valence-electron chi connectivity index (χ1n) is 4.32. The van der Waals surface area contributed by atoms with Gasteiger partial charge in [-0.3, -0.25) is 0 Å². The van der Waals surface area contributed by atoms with Crippen LogP contribution in [0, 0.1) is 5.92 Å². The minimum atomic E-state index is -0.673. The molecular weight excluding hydrogens is 186 g/mol. The summed E-state index contributed by atoms with van der Waals surface area (Å²) in [5.41, 5.74) is 0. The molecule has 1 saturated heterocycles. The van der Waals surface area contributed by atoms with Crippen LogP contribution in [0.25, 0.3) is 0 Å². The highest BCUT2D eigenvalue weighted by atomic mass is 16.5. The fourth-order valence-corrected chi connectivity index (χ4v) is 1.33. The number of rotatable bonds is 2. The Bertz CT molecular complexity index is 251. The van der Waals surface area contributed by atoms with E-state index in [2.05, 4.69) is 16.6 Å². The Morgan fingerprint density at radius 3 is 3.07 bits per heavy atom. The molecule has 14 heavy (non-hydrogen) atoms. The molecule has 1 amide bonds. The average molecular weight is 199 g/mol. The van der Waals surface area contributed by atoms with Crippen molar-refractivity contribution in [3.63, 3.8) is 0 Å². The molecule has 0 aromatic heterocycles. The van der Waals surface area contributed by atoms with Gasteiger partial charge in [0.1, 0.15) is 6.04 Å². The van der Waals surface area contributed by atoms with Gasteiger partial charge in [0.15, 0.2) is 0 Å². The van der Waals surface area contributed by atoms with Gasteiger partial charge in [0, 0.05) is 5.92 Å². The standard InChI is InChI=1S/C9H13NO4/c1-3-6-4-5-14-8(11)7(6)10-9(12)13-2/h3,6-7H,1,4-5H2,2H3,(H,10,12)/t6-,7-/m0/s1. The van der Waals surface area contributed by atoms with Crippen LogP contribution in [0.1, 0.15) is 6.42 Å². The Morgan fingerprint density at radius 2 is 2.50 bits per heavy atom. The monoisotopic (exact) mass is 199 g/mol. The Balaban J connectivity index is 2.64. The smallest absolute Gasteiger partial charge is 0.407 e. The Labute approximate surface area is 82.1 Å².